The van der Waals surface area contributed by atoms with E-state index in [9.17, 15) is 14.0 Å². The van der Waals surface area contributed by atoms with Gasteiger partial charge in [0.05, 0.1) is 6.42 Å². The Bertz CT molecular complexity index is 763. The van der Waals surface area contributed by atoms with Gasteiger partial charge in [0.2, 0.25) is 11.8 Å². The molecule has 27 heavy (non-hydrogen) atoms. The number of hydrogen-bond donors (Lipinski definition) is 1. The minimum absolute atomic E-state index is 0.142. The number of amides is 2. The Hall–Kier alpha value is -2.40. The first-order chi connectivity index (χ1) is 12.9. The molecule has 0 radical (unpaired) electrons. The molecule has 6 heteroatoms. The van der Waals surface area contributed by atoms with E-state index in [1.165, 1.54) is 17.0 Å². The highest BCUT2D eigenvalue weighted by molar-refractivity contribution is 6.31. The molecule has 2 aromatic rings. The fraction of sp³-hybridized carbons (Fsp3) is 0.333. The van der Waals surface area contributed by atoms with E-state index < -0.39 is 11.9 Å². The zero-order chi connectivity index (χ0) is 19.8. The molecule has 4 nitrogen and oxygen atoms in total. The largest absolute Gasteiger partial charge is 0.354 e. The van der Waals surface area contributed by atoms with Crippen molar-refractivity contribution >= 4 is 23.4 Å². The molecule has 0 bridgehead atoms. The van der Waals surface area contributed by atoms with Crippen molar-refractivity contribution in [1.29, 1.82) is 0 Å². The molecule has 0 aliphatic carbocycles. The minimum Gasteiger partial charge on any atom is -0.354 e. The third-order valence-corrected chi connectivity index (χ3v) is 4.66. The first-order valence-electron chi connectivity index (χ1n) is 8.98. The molecular weight excluding hydrogens is 367 g/mol. The summed E-state index contributed by atoms with van der Waals surface area (Å²) in [7, 11) is 0. The van der Waals surface area contributed by atoms with Crippen LogP contribution in [0, 0.1) is 5.82 Å². The molecule has 0 saturated carbocycles. The Labute approximate surface area is 164 Å². The van der Waals surface area contributed by atoms with Crippen LogP contribution in [-0.2, 0) is 22.6 Å². The van der Waals surface area contributed by atoms with Crippen molar-refractivity contribution < 1.29 is 14.0 Å². The summed E-state index contributed by atoms with van der Waals surface area (Å²) in [5.41, 5.74) is 1.03. The summed E-state index contributed by atoms with van der Waals surface area (Å²) in [6.07, 6.45) is 0.597. The van der Waals surface area contributed by atoms with Crippen LogP contribution in [0.2, 0.25) is 5.02 Å². The molecule has 2 rings (SSSR count). The molecule has 0 aliphatic rings. The van der Waals surface area contributed by atoms with Crippen molar-refractivity contribution in [2.45, 2.75) is 39.3 Å². The highest BCUT2D eigenvalue weighted by Crippen LogP contribution is 2.21. The van der Waals surface area contributed by atoms with E-state index in [0.29, 0.717) is 6.54 Å². The third kappa shape index (κ3) is 5.79. The Morgan fingerprint density at radius 1 is 1.15 bits per heavy atom. The lowest BCUT2D eigenvalue weighted by Crippen LogP contribution is -2.48. The number of rotatable bonds is 8. The SMILES string of the molecule is CCCNC(=O)C(C)N(Cc1ccccc1)C(=O)Cc1c(F)cccc1Cl. The van der Waals surface area contributed by atoms with Gasteiger partial charge in [-0.15, -0.1) is 0 Å². The third-order valence-electron chi connectivity index (χ3n) is 4.30. The minimum atomic E-state index is -0.685. The van der Waals surface area contributed by atoms with Crippen LogP contribution in [0.3, 0.4) is 0 Å². The molecule has 0 aromatic heterocycles. The van der Waals surface area contributed by atoms with Gasteiger partial charge in [-0.25, -0.2) is 4.39 Å². The fourth-order valence-corrected chi connectivity index (χ4v) is 2.94. The van der Waals surface area contributed by atoms with Crippen LogP contribution in [0.4, 0.5) is 4.39 Å². The fourth-order valence-electron chi connectivity index (χ4n) is 2.71. The van der Waals surface area contributed by atoms with Crippen LogP contribution in [0.1, 0.15) is 31.4 Å². The maximum absolute atomic E-state index is 14.1. The van der Waals surface area contributed by atoms with Crippen molar-refractivity contribution in [2.24, 2.45) is 0 Å². The van der Waals surface area contributed by atoms with Gasteiger partial charge in [0.25, 0.3) is 0 Å². The maximum atomic E-state index is 14.1. The van der Waals surface area contributed by atoms with Gasteiger partial charge in [0, 0.05) is 23.7 Å². The zero-order valence-electron chi connectivity index (χ0n) is 15.5. The van der Waals surface area contributed by atoms with Crippen molar-refractivity contribution in [2.75, 3.05) is 6.54 Å². The van der Waals surface area contributed by atoms with E-state index in [4.69, 9.17) is 11.6 Å². The summed E-state index contributed by atoms with van der Waals surface area (Å²) >= 11 is 6.06. The summed E-state index contributed by atoms with van der Waals surface area (Å²) in [6, 6.07) is 13.0. The van der Waals surface area contributed by atoms with E-state index in [2.05, 4.69) is 5.32 Å². The van der Waals surface area contributed by atoms with E-state index in [1.54, 1.807) is 13.0 Å². The number of hydrogen-bond acceptors (Lipinski definition) is 2. The van der Waals surface area contributed by atoms with E-state index >= 15 is 0 Å². The van der Waals surface area contributed by atoms with Gasteiger partial charge >= 0.3 is 0 Å². The molecular formula is C21H24ClFN2O2. The number of nitrogens with one attached hydrogen (secondary N) is 1. The number of carbonyl (C=O) groups is 2. The van der Waals surface area contributed by atoms with Crippen LogP contribution >= 0.6 is 11.6 Å². The van der Waals surface area contributed by atoms with Crippen LogP contribution in [0.5, 0.6) is 0 Å². The molecule has 0 saturated heterocycles. The lowest BCUT2D eigenvalue weighted by molar-refractivity contribution is -0.140. The Balaban J connectivity index is 2.24. The number of benzene rings is 2. The summed E-state index contributed by atoms with van der Waals surface area (Å²) < 4.78 is 14.1. The second-order valence-corrected chi connectivity index (χ2v) is 6.76. The molecule has 1 atom stereocenters. The van der Waals surface area contributed by atoms with Crippen molar-refractivity contribution in [3.05, 3.63) is 70.5 Å². The van der Waals surface area contributed by atoms with E-state index in [1.807, 2.05) is 37.3 Å². The normalized spacial score (nSPS) is 11.7. The van der Waals surface area contributed by atoms with E-state index in [-0.39, 0.29) is 35.4 Å². The average molecular weight is 391 g/mol. The lowest BCUT2D eigenvalue weighted by Gasteiger charge is -2.29. The smallest absolute Gasteiger partial charge is 0.242 e. The Morgan fingerprint density at radius 2 is 1.85 bits per heavy atom. The average Bonchev–Trinajstić information content (AvgIpc) is 2.67. The molecule has 0 aliphatic heterocycles. The molecule has 0 spiro atoms. The van der Waals surface area contributed by atoms with E-state index in [0.717, 1.165) is 12.0 Å². The molecule has 0 heterocycles. The summed E-state index contributed by atoms with van der Waals surface area (Å²) in [4.78, 5) is 26.8. The summed E-state index contributed by atoms with van der Waals surface area (Å²) in [5.74, 6) is -1.12. The quantitative estimate of drug-likeness (QED) is 0.741. The van der Waals surface area contributed by atoms with Gasteiger partial charge in [0.1, 0.15) is 11.9 Å². The van der Waals surface area contributed by atoms with Crippen LogP contribution in [0.15, 0.2) is 48.5 Å². The predicted molar refractivity (Wildman–Crippen MR) is 105 cm³/mol. The molecule has 2 amide bonds. The van der Waals surface area contributed by atoms with Gasteiger partial charge in [0.15, 0.2) is 0 Å². The molecule has 0 fully saturated rings. The van der Waals surface area contributed by atoms with Crippen molar-refractivity contribution in [3.8, 4) is 0 Å². The number of nitrogens with zero attached hydrogens (tertiary/aromatic N) is 1. The summed E-state index contributed by atoms with van der Waals surface area (Å²) in [5, 5.41) is 3.01. The first-order valence-corrected chi connectivity index (χ1v) is 9.35. The van der Waals surface area contributed by atoms with Crippen molar-refractivity contribution in [3.63, 3.8) is 0 Å². The Morgan fingerprint density at radius 3 is 2.48 bits per heavy atom. The van der Waals surface area contributed by atoms with Crippen molar-refractivity contribution in [1.82, 2.24) is 10.2 Å². The van der Waals surface area contributed by atoms with Gasteiger partial charge < -0.3 is 10.2 Å². The van der Waals surface area contributed by atoms with Crippen LogP contribution in [-0.4, -0.2) is 29.3 Å². The predicted octanol–water partition coefficient (Wildman–Crippen LogP) is 3.97. The standard InChI is InChI=1S/C21H24ClFN2O2/c1-3-12-24-21(27)15(2)25(14-16-8-5-4-6-9-16)20(26)13-17-18(22)10-7-11-19(17)23/h4-11,15H,3,12-14H2,1-2H3,(H,24,27). The number of carbonyl (C=O) groups excluding carboxylic acids is 2. The maximum Gasteiger partial charge on any atom is 0.242 e. The lowest BCUT2D eigenvalue weighted by atomic mass is 10.1. The van der Waals surface area contributed by atoms with Crippen LogP contribution < -0.4 is 5.32 Å². The summed E-state index contributed by atoms with van der Waals surface area (Å²) in [6.45, 7) is 4.43. The molecule has 2 aromatic carbocycles. The second kappa shape index (κ2) is 10.1. The topological polar surface area (TPSA) is 49.4 Å². The second-order valence-electron chi connectivity index (χ2n) is 6.35. The highest BCUT2D eigenvalue weighted by Gasteiger charge is 2.27. The van der Waals surface area contributed by atoms with Gasteiger partial charge in [-0.2, -0.15) is 0 Å². The van der Waals surface area contributed by atoms with Gasteiger partial charge in [-0.3, -0.25) is 9.59 Å². The zero-order valence-corrected chi connectivity index (χ0v) is 16.3. The molecule has 1 N–H and O–H groups in total. The number of halogens is 2. The highest BCUT2D eigenvalue weighted by atomic mass is 35.5. The van der Waals surface area contributed by atoms with Gasteiger partial charge in [-0.05, 0) is 31.0 Å². The molecule has 1 unspecified atom stereocenters. The molecule has 144 valence electrons. The van der Waals surface area contributed by atoms with Gasteiger partial charge in [-0.1, -0.05) is 54.9 Å². The van der Waals surface area contributed by atoms with Crippen LogP contribution in [0.25, 0.3) is 0 Å². The Kier molecular flexibility index (Phi) is 7.80. The monoisotopic (exact) mass is 390 g/mol. The first kappa shape index (κ1) is 20.9.